The first kappa shape index (κ1) is 20.0. The van der Waals surface area contributed by atoms with E-state index in [-0.39, 0.29) is 26.4 Å². The number of methoxy groups -OCH3 is 1. The Morgan fingerprint density at radius 1 is 1.15 bits per heavy atom. The van der Waals surface area contributed by atoms with Crippen molar-refractivity contribution in [3.63, 3.8) is 0 Å². The number of hydrogen-bond donors (Lipinski definition) is 3. The summed E-state index contributed by atoms with van der Waals surface area (Å²) in [5.41, 5.74) is 1.17. The number of benzene rings is 2. The van der Waals surface area contributed by atoms with E-state index in [1.807, 2.05) is 13.0 Å². The topological polar surface area (TPSA) is 87.7 Å². The minimum absolute atomic E-state index is 0.00694. The quantitative estimate of drug-likeness (QED) is 0.654. The third kappa shape index (κ3) is 4.43. The van der Waals surface area contributed by atoms with Crippen LogP contribution in [0.4, 0.5) is 5.69 Å². The number of para-hydroxylation sites is 1. The summed E-state index contributed by atoms with van der Waals surface area (Å²) < 4.78 is 5.25. The number of aromatic carboxylic acids is 1. The zero-order valence-corrected chi connectivity index (χ0v) is 16.1. The van der Waals surface area contributed by atoms with Gasteiger partial charge in [-0.25, -0.2) is 4.79 Å². The molecule has 0 atom stereocenters. The minimum Gasteiger partial charge on any atom is -0.496 e. The van der Waals surface area contributed by atoms with Crippen LogP contribution in [-0.2, 0) is 0 Å². The van der Waals surface area contributed by atoms with E-state index < -0.39 is 11.9 Å². The molecule has 0 radical (unpaired) electrons. The van der Waals surface area contributed by atoms with Crippen molar-refractivity contribution >= 4 is 58.1 Å². The van der Waals surface area contributed by atoms with Crippen LogP contribution < -0.4 is 15.4 Å². The molecule has 0 fully saturated rings. The van der Waals surface area contributed by atoms with Gasteiger partial charge in [-0.2, -0.15) is 0 Å². The van der Waals surface area contributed by atoms with Crippen LogP contribution in [0, 0.1) is 6.92 Å². The predicted molar refractivity (Wildman–Crippen MR) is 105 cm³/mol. The molecule has 0 spiro atoms. The molecule has 0 heterocycles. The molecule has 0 aliphatic heterocycles. The van der Waals surface area contributed by atoms with E-state index >= 15 is 0 Å². The second-order valence-corrected chi connectivity index (χ2v) is 6.40. The van der Waals surface area contributed by atoms with E-state index in [0.29, 0.717) is 11.3 Å². The summed E-state index contributed by atoms with van der Waals surface area (Å²) in [6, 6.07) is 7.65. The second kappa shape index (κ2) is 8.35. The summed E-state index contributed by atoms with van der Waals surface area (Å²) in [5.74, 6) is -1.26. The molecule has 0 saturated heterocycles. The zero-order valence-electron chi connectivity index (χ0n) is 13.7. The Morgan fingerprint density at radius 3 is 2.46 bits per heavy atom. The monoisotopic (exact) mass is 412 g/mol. The molecule has 0 bridgehead atoms. The predicted octanol–water partition coefficient (Wildman–Crippen LogP) is 4.14. The SMILES string of the molecule is COc1c(C)cccc1C(=O)NC(=S)Nc1cc(C(=O)O)c(Cl)cc1Cl. The Kier molecular flexibility index (Phi) is 6.42. The van der Waals surface area contributed by atoms with E-state index in [9.17, 15) is 9.59 Å². The van der Waals surface area contributed by atoms with Gasteiger partial charge in [0.1, 0.15) is 5.75 Å². The largest absolute Gasteiger partial charge is 0.496 e. The molecule has 0 saturated carbocycles. The number of carbonyl (C=O) groups is 2. The van der Waals surface area contributed by atoms with Crippen LogP contribution in [0.5, 0.6) is 5.75 Å². The number of carbonyl (C=O) groups excluding carboxylic acids is 1. The lowest BCUT2D eigenvalue weighted by molar-refractivity contribution is 0.0697. The number of aryl methyl sites for hydroxylation is 1. The minimum atomic E-state index is -1.21. The first-order valence-electron chi connectivity index (χ1n) is 7.23. The van der Waals surface area contributed by atoms with Crippen LogP contribution in [0.1, 0.15) is 26.3 Å². The molecule has 0 aromatic heterocycles. The Bertz CT molecular complexity index is 903. The maximum atomic E-state index is 12.4. The molecule has 2 aromatic rings. The highest BCUT2D eigenvalue weighted by Crippen LogP contribution is 2.29. The molecule has 136 valence electrons. The second-order valence-electron chi connectivity index (χ2n) is 5.18. The van der Waals surface area contributed by atoms with Crippen molar-refractivity contribution in [1.82, 2.24) is 5.32 Å². The number of hydrogen-bond acceptors (Lipinski definition) is 4. The summed E-state index contributed by atoms with van der Waals surface area (Å²) in [6.45, 7) is 1.81. The molecule has 0 unspecified atom stereocenters. The first-order valence-corrected chi connectivity index (χ1v) is 8.39. The third-order valence-electron chi connectivity index (χ3n) is 3.42. The van der Waals surface area contributed by atoms with Gasteiger partial charge in [-0.15, -0.1) is 0 Å². The summed E-state index contributed by atoms with van der Waals surface area (Å²) in [6.07, 6.45) is 0. The van der Waals surface area contributed by atoms with Crippen molar-refractivity contribution < 1.29 is 19.4 Å². The third-order valence-corrected chi connectivity index (χ3v) is 4.25. The number of carboxylic acid groups (broad SMARTS) is 1. The lowest BCUT2D eigenvalue weighted by Gasteiger charge is -2.14. The van der Waals surface area contributed by atoms with Crippen LogP contribution in [-0.4, -0.2) is 29.2 Å². The van der Waals surface area contributed by atoms with E-state index in [4.69, 9.17) is 45.3 Å². The molecular weight excluding hydrogens is 399 g/mol. The lowest BCUT2D eigenvalue weighted by atomic mass is 10.1. The van der Waals surface area contributed by atoms with E-state index in [2.05, 4.69) is 10.6 Å². The van der Waals surface area contributed by atoms with Gasteiger partial charge in [0.25, 0.3) is 5.91 Å². The molecule has 0 aliphatic carbocycles. The van der Waals surface area contributed by atoms with Crippen molar-refractivity contribution in [2.45, 2.75) is 6.92 Å². The van der Waals surface area contributed by atoms with Crippen LogP contribution in [0.3, 0.4) is 0 Å². The van der Waals surface area contributed by atoms with Gasteiger partial charge in [0.2, 0.25) is 0 Å². The number of nitrogens with one attached hydrogen (secondary N) is 2. The number of thiocarbonyl (C=S) groups is 1. The first-order chi connectivity index (χ1) is 12.2. The van der Waals surface area contributed by atoms with Gasteiger partial charge in [0.05, 0.1) is 34.0 Å². The average molecular weight is 413 g/mol. The van der Waals surface area contributed by atoms with E-state index in [1.54, 1.807) is 12.1 Å². The van der Waals surface area contributed by atoms with Crippen LogP contribution in [0.15, 0.2) is 30.3 Å². The van der Waals surface area contributed by atoms with Gasteiger partial charge in [-0.05, 0) is 42.9 Å². The molecular formula is C17H14Cl2N2O4S. The van der Waals surface area contributed by atoms with Crippen LogP contribution >= 0.6 is 35.4 Å². The highest BCUT2D eigenvalue weighted by molar-refractivity contribution is 7.80. The van der Waals surface area contributed by atoms with Gasteiger partial charge in [0.15, 0.2) is 5.11 Å². The highest BCUT2D eigenvalue weighted by Gasteiger charge is 2.17. The fourth-order valence-corrected chi connectivity index (χ4v) is 2.95. The van der Waals surface area contributed by atoms with Gasteiger partial charge in [-0.3, -0.25) is 10.1 Å². The fourth-order valence-electron chi connectivity index (χ4n) is 2.23. The lowest BCUT2D eigenvalue weighted by Crippen LogP contribution is -2.34. The number of amides is 1. The number of carboxylic acids is 1. The highest BCUT2D eigenvalue weighted by atomic mass is 35.5. The molecule has 2 rings (SSSR count). The van der Waals surface area contributed by atoms with Gasteiger partial charge in [-0.1, -0.05) is 35.3 Å². The number of rotatable bonds is 4. The van der Waals surface area contributed by atoms with Crippen molar-refractivity contribution in [3.8, 4) is 5.75 Å². The van der Waals surface area contributed by atoms with Gasteiger partial charge < -0.3 is 15.2 Å². The summed E-state index contributed by atoms with van der Waals surface area (Å²) in [7, 11) is 1.47. The Labute approximate surface area is 165 Å². The Hall–Kier alpha value is -2.35. The molecule has 0 aliphatic rings. The number of halogens is 2. The molecule has 3 N–H and O–H groups in total. The standard InChI is InChI=1S/C17H14Cl2N2O4S/c1-8-4-3-5-9(14(8)25-2)15(22)21-17(26)20-13-6-10(16(23)24)11(18)7-12(13)19/h3-7H,1-2H3,(H,23,24)(H2,20,21,22,26). The molecule has 26 heavy (non-hydrogen) atoms. The summed E-state index contributed by atoms with van der Waals surface area (Å²) >= 11 is 17.0. The van der Waals surface area contributed by atoms with Gasteiger partial charge in [0, 0.05) is 0 Å². The maximum absolute atomic E-state index is 12.4. The van der Waals surface area contributed by atoms with Crippen molar-refractivity contribution in [2.75, 3.05) is 12.4 Å². The molecule has 9 heteroatoms. The fraction of sp³-hybridized carbons (Fsp3) is 0.118. The normalized spacial score (nSPS) is 10.2. The van der Waals surface area contributed by atoms with E-state index in [1.165, 1.54) is 19.2 Å². The number of anilines is 1. The van der Waals surface area contributed by atoms with Crippen molar-refractivity contribution in [3.05, 3.63) is 57.1 Å². The van der Waals surface area contributed by atoms with E-state index in [0.717, 1.165) is 5.56 Å². The Morgan fingerprint density at radius 2 is 1.85 bits per heavy atom. The Balaban J connectivity index is 2.19. The average Bonchev–Trinajstić information content (AvgIpc) is 2.56. The molecule has 2 aromatic carbocycles. The zero-order chi connectivity index (χ0) is 19.4. The van der Waals surface area contributed by atoms with Crippen LogP contribution in [0.2, 0.25) is 10.0 Å². The molecule has 6 nitrogen and oxygen atoms in total. The molecule has 1 amide bonds. The van der Waals surface area contributed by atoms with Gasteiger partial charge >= 0.3 is 5.97 Å². The smallest absolute Gasteiger partial charge is 0.337 e. The number of ether oxygens (including phenoxy) is 1. The van der Waals surface area contributed by atoms with Crippen molar-refractivity contribution in [2.24, 2.45) is 0 Å². The van der Waals surface area contributed by atoms with Crippen molar-refractivity contribution in [1.29, 1.82) is 0 Å². The maximum Gasteiger partial charge on any atom is 0.337 e. The summed E-state index contributed by atoms with van der Waals surface area (Å²) in [4.78, 5) is 23.6. The summed E-state index contributed by atoms with van der Waals surface area (Å²) in [5, 5.41) is 14.4. The van der Waals surface area contributed by atoms with Crippen LogP contribution in [0.25, 0.3) is 0 Å².